The molecule has 2 aliphatic rings. The van der Waals surface area contributed by atoms with E-state index in [9.17, 15) is 4.79 Å². The average molecular weight is 416 g/mol. The summed E-state index contributed by atoms with van der Waals surface area (Å²) >= 11 is 14.1. The number of hydrogen-bond acceptors (Lipinski definition) is 4. The van der Waals surface area contributed by atoms with E-state index in [0.717, 1.165) is 40.4 Å². The van der Waals surface area contributed by atoms with E-state index in [2.05, 4.69) is 11.2 Å². The van der Waals surface area contributed by atoms with E-state index in [1.165, 1.54) is 0 Å². The third-order valence-corrected chi connectivity index (χ3v) is 6.87. The van der Waals surface area contributed by atoms with Crippen molar-refractivity contribution in [2.75, 3.05) is 0 Å². The molecule has 0 radical (unpaired) electrons. The molecule has 2 atom stereocenters. The Morgan fingerprint density at radius 1 is 1.15 bits per heavy atom. The van der Waals surface area contributed by atoms with Crippen LogP contribution in [0.5, 0.6) is 0 Å². The minimum absolute atomic E-state index is 0.217. The predicted octanol–water partition coefficient (Wildman–Crippen LogP) is 5.96. The van der Waals surface area contributed by atoms with Gasteiger partial charge in [0.1, 0.15) is 5.78 Å². The van der Waals surface area contributed by atoms with Crippen LogP contribution in [0.2, 0.25) is 10.0 Å². The highest BCUT2D eigenvalue weighted by Crippen LogP contribution is 2.45. The number of halogens is 2. The molecule has 1 saturated carbocycles. The number of carbonyl (C=O) groups excluding carboxylic acids is 1. The third kappa shape index (κ3) is 2.76. The summed E-state index contributed by atoms with van der Waals surface area (Å²) in [5.74, 6) is 0.740. The van der Waals surface area contributed by atoms with Gasteiger partial charge in [0.15, 0.2) is 5.82 Å². The van der Waals surface area contributed by atoms with Crippen molar-refractivity contribution in [3.05, 3.63) is 57.5 Å². The fourth-order valence-electron chi connectivity index (χ4n) is 4.01. The minimum atomic E-state index is -0.292. The minimum Gasteiger partial charge on any atom is -0.299 e. The van der Waals surface area contributed by atoms with E-state index >= 15 is 0 Å². The van der Waals surface area contributed by atoms with Crippen LogP contribution in [0.25, 0.3) is 10.4 Å². The zero-order valence-corrected chi connectivity index (χ0v) is 16.6. The number of rotatable bonds is 2. The maximum Gasteiger partial charge on any atom is 0.159 e. The molecule has 1 aliphatic carbocycles. The van der Waals surface area contributed by atoms with Crippen molar-refractivity contribution in [1.82, 2.24) is 9.78 Å². The smallest absolute Gasteiger partial charge is 0.159 e. The Morgan fingerprint density at radius 3 is 2.81 bits per heavy atom. The topological polar surface area (TPSA) is 47.2 Å². The number of ketones is 1. The molecule has 0 saturated heterocycles. The van der Waals surface area contributed by atoms with Crippen LogP contribution in [0.4, 0.5) is 5.82 Å². The maximum atomic E-state index is 12.8. The Kier molecular flexibility index (Phi) is 4.19. The molecule has 2 unspecified atom stereocenters. The lowest BCUT2D eigenvalue weighted by molar-refractivity contribution is -0.122. The number of carbonyl (C=O) groups is 1. The summed E-state index contributed by atoms with van der Waals surface area (Å²) in [4.78, 5) is 18.8. The van der Waals surface area contributed by atoms with Crippen LogP contribution in [-0.4, -0.2) is 21.3 Å². The molecule has 2 aromatic heterocycles. The average Bonchev–Trinajstić information content (AvgIpc) is 3.32. The summed E-state index contributed by atoms with van der Waals surface area (Å²) in [6.45, 7) is 0. The molecule has 27 heavy (non-hydrogen) atoms. The van der Waals surface area contributed by atoms with Crippen LogP contribution in [0.1, 0.15) is 30.9 Å². The molecule has 0 bridgehead atoms. The summed E-state index contributed by atoms with van der Waals surface area (Å²) < 4.78 is 1.88. The van der Waals surface area contributed by atoms with Gasteiger partial charge in [0.2, 0.25) is 0 Å². The van der Waals surface area contributed by atoms with Crippen LogP contribution in [0, 0.1) is 5.92 Å². The number of fused-ring (bicyclic) bond motifs is 2. The molecule has 136 valence electrons. The van der Waals surface area contributed by atoms with Crippen molar-refractivity contribution in [2.45, 2.75) is 25.3 Å². The number of benzene rings is 1. The lowest BCUT2D eigenvalue weighted by atomic mass is 9.77. The third-order valence-electron chi connectivity index (χ3n) is 5.23. The van der Waals surface area contributed by atoms with Crippen molar-refractivity contribution in [2.24, 2.45) is 10.9 Å². The van der Waals surface area contributed by atoms with Crippen molar-refractivity contribution >= 4 is 51.9 Å². The van der Waals surface area contributed by atoms with E-state index in [4.69, 9.17) is 28.2 Å². The largest absolute Gasteiger partial charge is 0.299 e. The fourth-order valence-corrected chi connectivity index (χ4v) is 5.05. The van der Waals surface area contributed by atoms with Crippen LogP contribution in [0.3, 0.4) is 0 Å². The standard InChI is InChI=1S/C20H15Cl2N3OS/c21-13-7-6-11(9-14(13)22)19-18-15(3-1-4-16(18)26)24-20-12(10-23-25(19)20)17-5-2-8-27-17/h2,5-10,18-19H,1,3-4H2. The summed E-state index contributed by atoms with van der Waals surface area (Å²) in [5, 5.41) is 7.66. The second kappa shape index (κ2) is 6.59. The number of hydrogen-bond donors (Lipinski definition) is 0. The zero-order valence-electron chi connectivity index (χ0n) is 14.2. The Labute approximate surface area is 170 Å². The summed E-state index contributed by atoms with van der Waals surface area (Å²) in [6.07, 6.45) is 4.11. The number of thiophene rings is 1. The van der Waals surface area contributed by atoms with Gasteiger partial charge in [0.25, 0.3) is 0 Å². The van der Waals surface area contributed by atoms with Crippen LogP contribution in [-0.2, 0) is 4.79 Å². The van der Waals surface area contributed by atoms with Gasteiger partial charge < -0.3 is 0 Å². The van der Waals surface area contributed by atoms with Gasteiger partial charge in [-0.1, -0.05) is 35.3 Å². The first-order valence-corrected chi connectivity index (χ1v) is 10.4. The molecule has 4 nitrogen and oxygen atoms in total. The van der Waals surface area contributed by atoms with Gasteiger partial charge >= 0.3 is 0 Å². The van der Waals surface area contributed by atoms with Gasteiger partial charge in [0.05, 0.1) is 33.8 Å². The number of aromatic nitrogens is 2. The van der Waals surface area contributed by atoms with Crippen molar-refractivity contribution in [3.8, 4) is 10.4 Å². The fraction of sp³-hybridized carbons (Fsp3) is 0.250. The first kappa shape index (κ1) is 17.2. The second-order valence-electron chi connectivity index (χ2n) is 6.82. The van der Waals surface area contributed by atoms with Crippen LogP contribution >= 0.6 is 34.5 Å². The number of Topliss-reactive ketones (excluding diaryl/α,β-unsaturated/α-hetero) is 1. The Balaban J connectivity index is 1.72. The lowest BCUT2D eigenvalue weighted by Crippen LogP contribution is -2.39. The molecule has 1 aromatic carbocycles. The molecule has 0 N–H and O–H groups in total. The van der Waals surface area contributed by atoms with E-state index in [1.54, 1.807) is 17.4 Å². The Hall–Kier alpha value is -1.95. The van der Waals surface area contributed by atoms with Gasteiger partial charge in [-0.05, 0) is 42.0 Å². The summed E-state index contributed by atoms with van der Waals surface area (Å²) in [6, 6.07) is 9.39. The van der Waals surface area contributed by atoms with Gasteiger partial charge in [-0.25, -0.2) is 9.67 Å². The first-order valence-electron chi connectivity index (χ1n) is 8.80. The van der Waals surface area contributed by atoms with Gasteiger partial charge in [-0.15, -0.1) is 11.3 Å². The number of aliphatic imine (C=N–C) groups is 1. The molecular formula is C20H15Cl2N3OS. The van der Waals surface area contributed by atoms with E-state index in [0.29, 0.717) is 16.5 Å². The highest BCUT2D eigenvalue weighted by molar-refractivity contribution is 7.13. The maximum absolute atomic E-state index is 12.8. The molecule has 5 rings (SSSR count). The molecule has 0 spiro atoms. The van der Waals surface area contributed by atoms with Crippen LogP contribution < -0.4 is 0 Å². The first-order chi connectivity index (χ1) is 13.1. The predicted molar refractivity (Wildman–Crippen MR) is 110 cm³/mol. The monoisotopic (exact) mass is 415 g/mol. The van der Waals surface area contributed by atoms with Gasteiger partial charge in [-0.3, -0.25) is 4.79 Å². The molecular weight excluding hydrogens is 401 g/mol. The molecule has 3 heterocycles. The molecule has 7 heteroatoms. The molecule has 1 aliphatic heterocycles. The number of nitrogens with zero attached hydrogens (tertiary/aromatic N) is 3. The van der Waals surface area contributed by atoms with E-state index in [-0.39, 0.29) is 17.7 Å². The molecule has 1 fully saturated rings. The van der Waals surface area contributed by atoms with Crippen molar-refractivity contribution < 1.29 is 4.79 Å². The molecule has 0 amide bonds. The highest BCUT2D eigenvalue weighted by Gasteiger charge is 2.42. The second-order valence-corrected chi connectivity index (χ2v) is 8.58. The Bertz CT molecular complexity index is 1070. The quantitative estimate of drug-likeness (QED) is 0.517. The van der Waals surface area contributed by atoms with Gasteiger partial charge in [-0.2, -0.15) is 5.10 Å². The highest BCUT2D eigenvalue weighted by atomic mass is 35.5. The SMILES string of the molecule is O=C1CCCC2=Nc3c(-c4cccs4)cnn3C(c3ccc(Cl)c(Cl)c3)C12. The van der Waals surface area contributed by atoms with Crippen molar-refractivity contribution in [3.63, 3.8) is 0 Å². The summed E-state index contributed by atoms with van der Waals surface area (Å²) in [7, 11) is 0. The van der Waals surface area contributed by atoms with Gasteiger partial charge in [0, 0.05) is 17.0 Å². The summed E-state index contributed by atoms with van der Waals surface area (Å²) in [5.41, 5.74) is 2.88. The zero-order chi connectivity index (χ0) is 18.5. The van der Waals surface area contributed by atoms with E-state index in [1.807, 2.05) is 34.5 Å². The van der Waals surface area contributed by atoms with Crippen LogP contribution in [0.15, 0.2) is 46.9 Å². The lowest BCUT2D eigenvalue weighted by Gasteiger charge is -2.35. The normalized spacial score (nSPS) is 21.6. The van der Waals surface area contributed by atoms with Crippen molar-refractivity contribution in [1.29, 1.82) is 0 Å². The Morgan fingerprint density at radius 2 is 2.04 bits per heavy atom. The van der Waals surface area contributed by atoms with E-state index < -0.39 is 0 Å². The molecule has 3 aromatic rings.